The summed E-state index contributed by atoms with van der Waals surface area (Å²) >= 11 is 0. The van der Waals surface area contributed by atoms with Crippen LogP contribution in [0.2, 0.25) is 0 Å². The van der Waals surface area contributed by atoms with E-state index in [1.807, 2.05) is 12.1 Å². The number of rotatable bonds is 6. The third-order valence-electron chi connectivity index (χ3n) is 6.44. The highest BCUT2D eigenvalue weighted by molar-refractivity contribution is 6.09. The van der Waals surface area contributed by atoms with Crippen LogP contribution in [0, 0.1) is 0 Å². The van der Waals surface area contributed by atoms with Gasteiger partial charge in [-0.1, -0.05) is 0 Å². The van der Waals surface area contributed by atoms with E-state index in [9.17, 15) is 14.4 Å². The number of hydrogen-bond acceptors (Lipinski definition) is 6. The van der Waals surface area contributed by atoms with Crippen molar-refractivity contribution < 1.29 is 19.1 Å². The monoisotopic (exact) mass is 443 g/mol. The van der Waals surface area contributed by atoms with Crippen molar-refractivity contribution in [2.45, 2.75) is 25.3 Å². The second-order valence-electron chi connectivity index (χ2n) is 8.84. The van der Waals surface area contributed by atoms with Crippen LogP contribution in [0.15, 0.2) is 18.2 Å². The summed E-state index contributed by atoms with van der Waals surface area (Å²) in [6, 6.07) is 5.23. The molecule has 1 atom stereocenters. The highest BCUT2D eigenvalue weighted by atomic mass is 16.5. The Morgan fingerprint density at radius 2 is 1.91 bits per heavy atom. The van der Waals surface area contributed by atoms with Crippen LogP contribution in [0.5, 0.6) is 0 Å². The number of benzene rings is 1. The lowest BCUT2D eigenvalue weighted by Gasteiger charge is -2.45. The summed E-state index contributed by atoms with van der Waals surface area (Å²) in [4.78, 5) is 46.1. The summed E-state index contributed by atoms with van der Waals surface area (Å²) in [5.41, 5.74) is 2.07. The predicted octanol–water partition coefficient (Wildman–Crippen LogP) is 0.542. The number of piperidine rings is 1. The lowest BCUT2D eigenvalue weighted by molar-refractivity contribution is -0.125. The molecule has 2 saturated heterocycles. The zero-order valence-electron chi connectivity index (χ0n) is 19.0. The van der Waals surface area contributed by atoms with Crippen LogP contribution < -0.4 is 15.1 Å². The van der Waals surface area contributed by atoms with Gasteiger partial charge in [-0.2, -0.15) is 0 Å². The number of nitrogens with one attached hydrogen (secondary N) is 1. The highest BCUT2D eigenvalue weighted by Gasteiger charge is 2.40. The minimum atomic E-state index is -0.243. The molecule has 4 rings (SSSR count). The van der Waals surface area contributed by atoms with E-state index in [1.165, 1.54) is 4.90 Å². The molecule has 2 fully saturated rings. The first-order valence-corrected chi connectivity index (χ1v) is 11.5. The van der Waals surface area contributed by atoms with Gasteiger partial charge in [-0.25, -0.2) is 0 Å². The van der Waals surface area contributed by atoms with Crippen molar-refractivity contribution in [3.63, 3.8) is 0 Å². The highest BCUT2D eigenvalue weighted by Crippen LogP contribution is 2.40. The minimum absolute atomic E-state index is 0.0428. The average molecular weight is 444 g/mol. The summed E-state index contributed by atoms with van der Waals surface area (Å²) in [7, 11) is 3.40. The van der Waals surface area contributed by atoms with E-state index >= 15 is 0 Å². The van der Waals surface area contributed by atoms with E-state index in [-0.39, 0.29) is 30.3 Å². The Hall–Kier alpha value is -2.65. The molecule has 3 aliphatic heterocycles. The second-order valence-corrected chi connectivity index (χ2v) is 8.84. The molecule has 9 nitrogen and oxygen atoms in total. The molecule has 3 aliphatic rings. The van der Waals surface area contributed by atoms with E-state index < -0.39 is 0 Å². The molecule has 1 aromatic rings. The number of morpholine rings is 1. The topological polar surface area (TPSA) is 85.4 Å². The molecule has 0 saturated carbocycles. The molecule has 0 spiro atoms. The first-order chi connectivity index (χ1) is 15.5. The van der Waals surface area contributed by atoms with E-state index in [2.05, 4.69) is 15.1 Å². The van der Waals surface area contributed by atoms with Crippen molar-refractivity contribution in [3.05, 3.63) is 23.8 Å². The van der Waals surface area contributed by atoms with Gasteiger partial charge < -0.3 is 19.9 Å². The smallest absolute Gasteiger partial charge is 0.253 e. The molecule has 1 N–H and O–H groups in total. The predicted molar refractivity (Wildman–Crippen MR) is 122 cm³/mol. The Balaban J connectivity index is 1.51. The molecule has 0 aliphatic carbocycles. The van der Waals surface area contributed by atoms with Crippen molar-refractivity contribution in [1.29, 1.82) is 0 Å². The Kier molecular flexibility index (Phi) is 6.95. The number of carbonyl (C=O) groups excluding carboxylic acids is 3. The fourth-order valence-electron chi connectivity index (χ4n) is 4.69. The standard InChI is InChI=1S/C23H33N5O4/c1-25(2)22(30)17-6-7-18-20(15-17)28(23(31)19-5-3-4-9-27(18)19)16-21(29)24-8-10-26-11-13-32-14-12-26/h6-7,15,19H,3-5,8-14,16H2,1-2H3,(H,24,29)/t19-/m1/s1. The van der Waals surface area contributed by atoms with Crippen molar-refractivity contribution in [2.24, 2.45) is 0 Å². The van der Waals surface area contributed by atoms with Gasteiger partial charge in [0.15, 0.2) is 0 Å². The normalized spacial score (nSPS) is 21.1. The minimum Gasteiger partial charge on any atom is -0.379 e. The number of carbonyl (C=O) groups is 3. The molecule has 0 bridgehead atoms. The van der Waals surface area contributed by atoms with Gasteiger partial charge >= 0.3 is 0 Å². The summed E-state index contributed by atoms with van der Waals surface area (Å²) in [6.45, 7) is 5.24. The molecule has 32 heavy (non-hydrogen) atoms. The van der Waals surface area contributed by atoms with E-state index in [0.29, 0.717) is 17.8 Å². The molecule has 0 aromatic heterocycles. The molecular weight excluding hydrogens is 410 g/mol. The maximum absolute atomic E-state index is 13.4. The molecule has 3 amide bonds. The van der Waals surface area contributed by atoms with Gasteiger partial charge in [0.2, 0.25) is 11.8 Å². The van der Waals surface area contributed by atoms with Crippen molar-refractivity contribution >= 4 is 29.1 Å². The Morgan fingerprint density at radius 3 is 2.66 bits per heavy atom. The molecule has 9 heteroatoms. The third-order valence-corrected chi connectivity index (χ3v) is 6.44. The van der Waals surface area contributed by atoms with Crippen LogP contribution in [0.3, 0.4) is 0 Å². The van der Waals surface area contributed by atoms with Crippen LogP contribution in [-0.4, -0.2) is 100 Å². The van der Waals surface area contributed by atoms with Gasteiger partial charge in [-0.3, -0.25) is 24.2 Å². The summed E-state index contributed by atoms with van der Waals surface area (Å²) in [5, 5.41) is 2.95. The first-order valence-electron chi connectivity index (χ1n) is 11.5. The van der Waals surface area contributed by atoms with Gasteiger partial charge in [0, 0.05) is 52.4 Å². The van der Waals surface area contributed by atoms with Crippen molar-refractivity contribution in [1.82, 2.24) is 15.1 Å². The molecule has 174 valence electrons. The second kappa shape index (κ2) is 9.87. The van der Waals surface area contributed by atoms with Crippen LogP contribution in [0.4, 0.5) is 11.4 Å². The molecule has 1 aromatic carbocycles. The first kappa shape index (κ1) is 22.5. The number of fused-ring (bicyclic) bond motifs is 3. The van der Waals surface area contributed by atoms with Gasteiger partial charge in [-0.15, -0.1) is 0 Å². The summed E-state index contributed by atoms with van der Waals surface area (Å²) in [6.07, 6.45) is 2.81. The summed E-state index contributed by atoms with van der Waals surface area (Å²) < 4.78 is 5.35. The number of ether oxygens (including phenoxy) is 1. The van der Waals surface area contributed by atoms with Gasteiger partial charge in [-0.05, 0) is 37.5 Å². The SMILES string of the molecule is CN(C)C(=O)c1ccc2c(c1)N(CC(=O)NCCN1CCOCC1)C(=O)[C@H]1CCCCN21. The fourth-order valence-corrected chi connectivity index (χ4v) is 4.69. The zero-order chi connectivity index (χ0) is 22.7. The maximum Gasteiger partial charge on any atom is 0.253 e. The lowest BCUT2D eigenvalue weighted by Crippen LogP contribution is -2.57. The van der Waals surface area contributed by atoms with Crippen LogP contribution in [0.1, 0.15) is 29.6 Å². The third kappa shape index (κ3) is 4.73. The Morgan fingerprint density at radius 1 is 1.12 bits per heavy atom. The number of nitrogens with zero attached hydrogens (tertiary/aromatic N) is 4. The number of amides is 3. The van der Waals surface area contributed by atoms with E-state index in [4.69, 9.17) is 4.74 Å². The summed E-state index contributed by atoms with van der Waals surface area (Å²) in [5.74, 6) is -0.378. The van der Waals surface area contributed by atoms with Crippen LogP contribution in [0.25, 0.3) is 0 Å². The van der Waals surface area contributed by atoms with Gasteiger partial charge in [0.1, 0.15) is 12.6 Å². The lowest BCUT2D eigenvalue weighted by atomic mass is 9.95. The van der Waals surface area contributed by atoms with Crippen LogP contribution in [-0.2, 0) is 14.3 Å². The molecule has 0 radical (unpaired) electrons. The van der Waals surface area contributed by atoms with E-state index in [0.717, 1.165) is 64.3 Å². The van der Waals surface area contributed by atoms with Gasteiger partial charge in [0.05, 0.1) is 24.6 Å². The Bertz CT molecular complexity index is 868. The molecule has 3 heterocycles. The Labute approximate surface area is 189 Å². The molecule has 0 unspecified atom stereocenters. The van der Waals surface area contributed by atoms with Crippen molar-refractivity contribution in [3.8, 4) is 0 Å². The van der Waals surface area contributed by atoms with Crippen molar-refractivity contribution in [2.75, 3.05) is 76.4 Å². The zero-order valence-corrected chi connectivity index (χ0v) is 19.0. The molecular formula is C23H33N5O4. The fraction of sp³-hybridized carbons (Fsp3) is 0.609. The van der Waals surface area contributed by atoms with E-state index in [1.54, 1.807) is 25.1 Å². The number of hydrogen-bond donors (Lipinski definition) is 1. The van der Waals surface area contributed by atoms with Crippen LogP contribution >= 0.6 is 0 Å². The maximum atomic E-state index is 13.4. The average Bonchev–Trinajstić information content (AvgIpc) is 2.81. The largest absolute Gasteiger partial charge is 0.379 e. The number of anilines is 2. The quantitative estimate of drug-likeness (QED) is 0.691. The van der Waals surface area contributed by atoms with Gasteiger partial charge in [0.25, 0.3) is 5.91 Å².